The predicted molar refractivity (Wildman–Crippen MR) is 122 cm³/mol. The van der Waals surface area contributed by atoms with Gasteiger partial charge in [-0.1, -0.05) is 25.8 Å². The number of carbonyl (C=O) groups excluding carboxylic acids is 3. The second-order valence-corrected chi connectivity index (χ2v) is 10.1. The highest BCUT2D eigenvalue weighted by Gasteiger charge is 2.24. The molecule has 1 aliphatic carbocycles. The Morgan fingerprint density at radius 2 is 1.91 bits per heavy atom. The molecule has 184 valence electrons. The maximum absolute atomic E-state index is 12.6. The van der Waals surface area contributed by atoms with E-state index in [-0.39, 0.29) is 23.0 Å². The molecule has 1 fully saturated rings. The number of amides is 3. The minimum absolute atomic E-state index is 0.00201. The van der Waals surface area contributed by atoms with Crippen molar-refractivity contribution in [2.24, 2.45) is 5.92 Å². The molecule has 1 aromatic carbocycles. The second kappa shape index (κ2) is 11.3. The van der Waals surface area contributed by atoms with Gasteiger partial charge in [0.25, 0.3) is 5.91 Å². The standard InChI is InChI=1S/C23H29N3O7S/c1-15-9-10-18(34(30,31)24-13-17-7-5-11-32-17)12-19(15)22(28)33-14-21(27)26-23(29)25-20-8-4-3-6-16(20)2/h5,7,9-12,16,20,24H,3-4,6,8,13-14H2,1-2H3,(H2,25,26,27,29)/t16-,20+/m1/s1. The summed E-state index contributed by atoms with van der Waals surface area (Å²) in [6.45, 7) is 2.93. The van der Waals surface area contributed by atoms with Crippen LogP contribution in [0.25, 0.3) is 0 Å². The van der Waals surface area contributed by atoms with E-state index in [9.17, 15) is 22.8 Å². The largest absolute Gasteiger partial charge is 0.468 e. The van der Waals surface area contributed by atoms with Gasteiger partial charge in [0.05, 0.1) is 23.3 Å². The van der Waals surface area contributed by atoms with E-state index >= 15 is 0 Å². The SMILES string of the molecule is Cc1ccc(S(=O)(=O)NCc2ccco2)cc1C(=O)OCC(=O)NC(=O)N[C@H]1CCCC[C@H]1C. The lowest BCUT2D eigenvalue weighted by Gasteiger charge is -2.29. The molecule has 1 saturated carbocycles. The third-order valence-electron chi connectivity index (χ3n) is 5.77. The molecule has 3 N–H and O–H groups in total. The van der Waals surface area contributed by atoms with Crippen LogP contribution in [0.4, 0.5) is 4.79 Å². The Hall–Kier alpha value is -3.18. The van der Waals surface area contributed by atoms with Gasteiger partial charge < -0.3 is 14.5 Å². The van der Waals surface area contributed by atoms with Gasteiger partial charge in [0, 0.05) is 6.04 Å². The first-order valence-electron chi connectivity index (χ1n) is 11.1. The maximum atomic E-state index is 12.6. The summed E-state index contributed by atoms with van der Waals surface area (Å²) in [6.07, 6.45) is 5.45. The molecule has 1 aliphatic rings. The zero-order chi connectivity index (χ0) is 24.7. The van der Waals surface area contributed by atoms with E-state index in [2.05, 4.69) is 22.3 Å². The van der Waals surface area contributed by atoms with Crippen LogP contribution in [-0.4, -0.2) is 39.0 Å². The second-order valence-electron chi connectivity index (χ2n) is 8.35. The van der Waals surface area contributed by atoms with Crippen molar-refractivity contribution in [3.8, 4) is 0 Å². The minimum atomic E-state index is -3.93. The quantitative estimate of drug-likeness (QED) is 0.482. The Bertz CT molecular complexity index is 1130. The van der Waals surface area contributed by atoms with Crippen molar-refractivity contribution >= 4 is 27.9 Å². The summed E-state index contributed by atoms with van der Waals surface area (Å²) in [7, 11) is -3.93. The van der Waals surface area contributed by atoms with Gasteiger partial charge in [-0.05, 0) is 55.5 Å². The van der Waals surface area contributed by atoms with E-state index in [0.29, 0.717) is 17.2 Å². The molecule has 0 aliphatic heterocycles. The molecule has 2 atom stereocenters. The van der Waals surface area contributed by atoms with Crippen molar-refractivity contribution in [3.05, 3.63) is 53.5 Å². The number of aryl methyl sites for hydroxylation is 1. The summed E-state index contributed by atoms with van der Waals surface area (Å²) >= 11 is 0. The average molecular weight is 492 g/mol. The first-order chi connectivity index (χ1) is 16.2. The molecule has 1 aromatic heterocycles. The fraction of sp³-hybridized carbons (Fsp3) is 0.435. The molecule has 10 nitrogen and oxygen atoms in total. The normalized spacial score (nSPS) is 18.2. The van der Waals surface area contributed by atoms with Gasteiger partial charge in [-0.3, -0.25) is 10.1 Å². The molecule has 0 saturated heterocycles. The van der Waals surface area contributed by atoms with E-state index in [0.717, 1.165) is 25.7 Å². The Kier molecular flexibility index (Phi) is 8.46. The van der Waals surface area contributed by atoms with E-state index in [1.165, 1.54) is 24.5 Å². The van der Waals surface area contributed by atoms with Crippen molar-refractivity contribution in [1.29, 1.82) is 0 Å². The van der Waals surface area contributed by atoms with E-state index in [4.69, 9.17) is 9.15 Å². The number of carbonyl (C=O) groups is 3. The minimum Gasteiger partial charge on any atom is -0.468 e. The van der Waals surface area contributed by atoms with Gasteiger partial charge in [0.1, 0.15) is 5.76 Å². The number of imide groups is 1. The van der Waals surface area contributed by atoms with Crippen LogP contribution >= 0.6 is 0 Å². The Morgan fingerprint density at radius 3 is 2.62 bits per heavy atom. The van der Waals surface area contributed by atoms with Gasteiger partial charge >= 0.3 is 12.0 Å². The van der Waals surface area contributed by atoms with Crippen LogP contribution in [0.15, 0.2) is 45.9 Å². The summed E-state index contributed by atoms with van der Waals surface area (Å²) in [5.74, 6) is -0.899. The fourth-order valence-corrected chi connectivity index (χ4v) is 4.78. The third kappa shape index (κ3) is 6.91. The molecule has 1 heterocycles. The summed E-state index contributed by atoms with van der Waals surface area (Å²) in [5.41, 5.74) is 0.466. The highest BCUT2D eigenvalue weighted by molar-refractivity contribution is 7.89. The molecule has 3 rings (SSSR count). The molecule has 11 heteroatoms. The highest BCUT2D eigenvalue weighted by Crippen LogP contribution is 2.23. The van der Waals surface area contributed by atoms with E-state index < -0.39 is 34.5 Å². The molecule has 0 unspecified atom stereocenters. The highest BCUT2D eigenvalue weighted by atomic mass is 32.2. The summed E-state index contributed by atoms with van der Waals surface area (Å²) in [6, 6.07) is 6.64. The number of rotatable bonds is 8. The van der Waals surface area contributed by atoms with Crippen LogP contribution < -0.4 is 15.4 Å². The number of benzene rings is 1. The number of urea groups is 1. The van der Waals surface area contributed by atoms with Gasteiger partial charge in [-0.25, -0.2) is 22.7 Å². The zero-order valence-electron chi connectivity index (χ0n) is 19.1. The Labute approximate surface area is 198 Å². The number of esters is 1. The number of nitrogens with one attached hydrogen (secondary N) is 3. The summed E-state index contributed by atoms with van der Waals surface area (Å²) in [5, 5.41) is 4.94. The van der Waals surface area contributed by atoms with Crippen molar-refractivity contribution in [3.63, 3.8) is 0 Å². The molecule has 0 radical (unpaired) electrons. The van der Waals surface area contributed by atoms with Crippen molar-refractivity contribution in [1.82, 2.24) is 15.4 Å². The predicted octanol–water partition coefficient (Wildman–Crippen LogP) is 2.63. The van der Waals surface area contributed by atoms with Gasteiger partial charge in [0.15, 0.2) is 6.61 Å². The maximum Gasteiger partial charge on any atom is 0.338 e. The molecule has 2 aromatic rings. The Balaban J connectivity index is 1.54. The lowest BCUT2D eigenvalue weighted by molar-refractivity contribution is -0.123. The summed E-state index contributed by atoms with van der Waals surface area (Å²) in [4.78, 5) is 36.5. The topological polar surface area (TPSA) is 144 Å². The van der Waals surface area contributed by atoms with Gasteiger partial charge in [0.2, 0.25) is 10.0 Å². The Morgan fingerprint density at radius 1 is 1.15 bits per heavy atom. The molecule has 34 heavy (non-hydrogen) atoms. The lowest BCUT2D eigenvalue weighted by Crippen LogP contribution is -2.48. The molecular formula is C23H29N3O7S. The number of sulfonamides is 1. The van der Waals surface area contributed by atoms with Crippen molar-refractivity contribution < 1.29 is 32.0 Å². The van der Waals surface area contributed by atoms with Crippen LogP contribution in [0.3, 0.4) is 0 Å². The average Bonchev–Trinajstić information content (AvgIpc) is 3.32. The van der Waals surface area contributed by atoms with E-state index in [1.54, 1.807) is 19.1 Å². The first kappa shape index (κ1) is 25.4. The fourth-order valence-electron chi connectivity index (χ4n) is 3.76. The number of ether oxygens (including phenoxy) is 1. The van der Waals surface area contributed by atoms with Crippen LogP contribution in [0.2, 0.25) is 0 Å². The lowest BCUT2D eigenvalue weighted by atomic mass is 9.86. The monoisotopic (exact) mass is 491 g/mol. The van der Waals surface area contributed by atoms with Crippen LogP contribution in [0.5, 0.6) is 0 Å². The number of hydrogen-bond acceptors (Lipinski definition) is 7. The van der Waals surface area contributed by atoms with Crippen molar-refractivity contribution in [2.45, 2.75) is 57.0 Å². The zero-order valence-corrected chi connectivity index (χ0v) is 19.9. The van der Waals surface area contributed by atoms with Crippen molar-refractivity contribution in [2.75, 3.05) is 6.61 Å². The van der Waals surface area contributed by atoms with Crippen LogP contribution in [0.1, 0.15) is 54.3 Å². The number of hydrogen-bond donors (Lipinski definition) is 3. The molecule has 0 bridgehead atoms. The van der Waals surface area contributed by atoms with E-state index in [1.807, 2.05) is 0 Å². The third-order valence-corrected chi connectivity index (χ3v) is 7.17. The van der Waals surface area contributed by atoms with Gasteiger partial charge in [-0.15, -0.1) is 0 Å². The van der Waals surface area contributed by atoms with Crippen LogP contribution in [0, 0.1) is 12.8 Å². The first-order valence-corrected chi connectivity index (χ1v) is 12.5. The molecular weight excluding hydrogens is 462 g/mol. The summed E-state index contributed by atoms with van der Waals surface area (Å²) < 4.78 is 37.7. The molecule has 0 spiro atoms. The van der Waals surface area contributed by atoms with Crippen LogP contribution in [-0.2, 0) is 26.1 Å². The smallest absolute Gasteiger partial charge is 0.338 e. The number of furan rings is 1. The molecule has 3 amide bonds. The van der Waals surface area contributed by atoms with Gasteiger partial charge in [-0.2, -0.15) is 0 Å².